The molecule has 0 spiro atoms. The Morgan fingerprint density at radius 2 is 1.81 bits per heavy atom. The molecule has 0 fully saturated rings. The number of nitrogens with one attached hydrogen (secondary N) is 2. The summed E-state index contributed by atoms with van der Waals surface area (Å²) in [6.45, 7) is 0. The predicted molar refractivity (Wildman–Crippen MR) is 101 cm³/mol. The maximum absolute atomic E-state index is 13.3. The van der Waals surface area contributed by atoms with Gasteiger partial charge in [-0.2, -0.15) is 0 Å². The summed E-state index contributed by atoms with van der Waals surface area (Å²) in [4.78, 5) is 12.1. The van der Waals surface area contributed by atoms with Gasteiger partial charge < -0.3 is 5.32 Å². The topological polar surface area (TPSA) is 75.3 Å². The number of anilines is 2. The van der Waals surface area contributed by atoms with Crippen molar-refractivity contribution in [2.24, 2.45) is 0 Å². The summed E-state index contributed by atoms with van der Waals surface area (Å²) in [6.07, 6.45) is 0. The molecule has 0 saturated carbocycles. The molecule has 0 radical (unpaired) electrons. The van der Waals surface area contributed by atoms with Gasteiger partial charge in [-0.3, -0.25) is 9.52 Å². The molecule has 0 saturated heterocycles. The normalized spacial score (nSPS) is 11.2. The molecule has 2 aromatic carbocycles. The monoisotopic (exact) mass is 428 g/mol. The number of rotatable bonds is 5. The smallest absolute Gasteiger partial charge is 0.267 e. The van der Waals surface area contributed by atoms with Crippen LogP contribution in [0.3, 0.4) is 0 Å². The van der Waals surface area contributed by atoms with Gasteiger partial charge in [0.1, 0.15) is 4.88 Å². The van der Waals surface area contributed by atoms with Gasteiger partial charge >= 0.3 is 0 Å². The number of thiophene rings is 1. The van der Waals surface area contributed by atoms with Crippen LogP contribution in [-0.4, -0.2) is 14.3 Å². The van der Waals surface area contributed by atoms with Gasteiger partial charge in [-0.25, -0.2) is 17.2 Å². The molecule has 0 aliphatic carbocycles. The molecule has 0 aliphatic heterocycles. The molecule has 27 heavy (non-hydrogen) atoms. The van der Waals surface area contributed by atoms with E-state index in [4.69, 9.17) is 11.6 Å². The summed E-state index contributed by atoms with van der Waals surface area (Å²) in [5.41, 5.74) is 0.458. The third kappa shape index (κ3) is 4.44. The summed E-state index contributed by atoms with van der Waals surface area (Å²) in [5.74, 6) is -3.00. The van der Waals surface area contributed by atoms with Gasteiger partial charge in [-0.05, 0) is 47.8 Å². The van der Waals surface area contributed by atoms with E-state index in [1.54, 1.807) is 18.2 Å². The van der Waals surface area contributed by atoms with E-state index in [2.05, 4.69) is 10.0 Å². The average molecular weight is 429 g/mol. The number of sulfonamides is 1. The molecule has 0 atom stereocenters. The molecule has 0 bridgehead atoms. The molecule has 0 unspecified atom stereocenters. The van der Waals surface area contributed by atoms with E-state index in [1.165, 1.54) is 17.5 Å². The second-order valence-electron chi connectivity index (χ2n) is 5.31. The third-order valence-electron chi connectivity index (χ3n) is 3.40. The summed E-state index contributed by atoms with van der Waals surface area (Å²) in [6, 6.07) is 10.1. The minimum absolute atomic E-state index is 0.0178. The minimum atomic E-state index is -4.21. The third-order valence-corrected chi connectivity index (χ3v) is 5.91. The molecule has 2 N–H and O–H groups in total. The first-order valence-electron chi connectivity index (χ1n) is 7.38. The van der Waals surface area contributed by atoms with Crippen molar-refractivity contribution in [2.75, 3.05) is 10.0 Å². The van der Waals surface area contributed by atoms with Crippen molar-refractivity contribution in [1.29, 1.82) is 0 Å². The summed E-state index contributed by atoms with van der Waals surface area (Å²) >= 11 is 6.88. The van der Waals surface area contributed by atoms with E-state index >= 15 is 0 Å². The SMILES string of the molecule is O=C(Nc1cccc(Cl)c1)c1sccc1NS(=O)(=O)c1ccc(F)c(F)c1. The summed E-state index contributed by atoms with van der Waals surface area (Å²) < 4.78 is 53.4. The van der Waals surface area contributed by atoms with E-state index in [1.807, 2.05) is 0 Å². The highest BCUT2D eigenvalue weighted by Crippen LogP contribution is 2.27. The van der Waals surface area contributed by atoms with Crippen LogP contribution < -0.4 is 10.0 Å². The van der Waals surface area contributed by atoms with Crippen LogP contribution in [0.4, 0.5) is 20.2 Å². The van der Waals surface area contributed by atoms with Crippen molar-refractivity contribution in [3.05, 3.63) is 75.4 Å². The molecule has 10 heteroatoms. The van der Waals surface area contributed by atoms with E-state index in [-0.39, 0.29) is 10.6 Å². The highest BCUT2D eigenvalue weighted by atomic mass is 35.5. The standard InChI is InChI=1S/C17H11ClF2N2O3S2/c18-10-2-1-3-11(8-10)21-17(23)16-15(6-7-26-16)22-27(24,25)12-4-5-13(19)14(20)9-12/h1-9,22H,(H,21,23). The lowest BCUT2D eigenvalue weighted by molar-refractivity contribution is 0.103. The lowest BCUT2D eigenvalue weighted by atomic mass is 10.3. The number of hydrogen-bond donors (Lipinski definition) is 2. The van der Waals surface area contributed by atoms with Gasteiger partial charge in [-0.15, -0.1) is 11.3 Å². The molecule has 1 aromatic heterocycles. The lowest BCUT2D eigenvalue weighted by Crippen LogP contribution is -2.17. The van der Waals surface area contributed by atoms with E-state index in [0.29, 0.717) is 22.8 Å². The lowest BCUT2D eigenvalue weighted by Gasteiger charge is -2.10. The molecule has 1 heterocycles. The molecule has 140 valence electrons. The molecular weight excluding hydrogens is 418 g/mol. The van der Waals surface area contributed by atoms with Crippen molar-refractivity contribution in [2.45, 2.75) is 4.90 Å². The summed E-state index contributed by atoms with van der Waals surface area (Å²) in [7, 11) is -4.21. The van der Waals surface area contributed by atoms with Crippen molar-refractivity contribution in [1.82, 2.24) is 0 Å². The zero-order chi connectivity index (χ0) is 19.6. The second kappa shape index (κ2) is 7.63. The maximum Gasteiger partial charge on any atom is 0.267 e. The first-order valence-corrected chi connectivity index (χ1v) is 10.1. The summed E-state index contributed by atoms with van der Waals surface area (Å²) in [5, 5.41) is 4.56. The van der Waals surface area contributed by atoms with E-state index < -0.39 is 32.5 Å². The van der Waals surface area contributed by atoms with Gasteiger partial charge in [0.05, 0.1) is 10.6 Å². The predicted octanol–water partition coefficient (Wildman–Crippen LogP) is 4.73. The van der Waals surface area contributed by atoms with Crippen LogP contribution in [0.15, 0.2) is 58.8 Å². The Hall–Kier alpha value is -2.49. The Bertz CT molecular complexity index is 1120. The number of carbonyl (C=O) groups excluding carboxylic acids is 1. The highest BCUT2D eigenvalue weighted by molar-refractivity contribution is 7.92. The number of halogens is 3. The average Bonchev–Trinajstić information content (AvgIpc) is 3.04. The molecule has 5 nitrogen and oxygen atoms in total. The van der Waals surface area contributed by atoms with Crippen LogP contribution in [0, 0.1) is 11.6 Å². The zero-order valence-corrected chi connectivity index (χ0v) is 15.8. The quantitative estimate of drug-likeness (QED) is 0.616. The highest BCUT2D eigenvalue weighted by Gasteiger charge is 2.21. The Labute approximate surface area is 162 Å². The van der Waals surface area contributed by atoms with Crippen LogP contribution in [0.2, 0.25) is 5.02 Å². The number of amides is 1. The van der Waals surface area contributed by atoms with Crippen molar-refractivity contribution >= 4 is 50.2 Å². The first kappa shape index (κ1) is 19.3. The molecule has 3 rings (SSSR count). The Balaban J connectivity index is 1.84. The Morgan fingerprint density at radius 3 is 2.52 bits per heavy atom. The van der Waals surface area contributed by atoms with Gasteiger partial charge in [0.25, 0.3) is 15.9 Å². The van der Waals surface area contributed by atoms with Crippen LogP contribution >= 0.6 is 22.9 Å². The van der Waals surface area contributed by atoms with Crippen LogP contribution in [-0.2, 0) is 10.0 Å². The van der Waals surface area contributed by atoms with Gasteiger partial charge in [0.2, 0.25) is 0 Å². The fourth-order valence-electron chi connectivity index (χ4n) is 2.17. The van der Waals surface area contributed by atoms with Crippen molar-refractivity contribution < 1.29 is 22.0 Å². The zero-order valence-electron chi connectivity index (χ0n) is 13.4. The Morgan fingerprint density at radius 1 is 1.04 bits per heavy atom. The van der Waals surface area contributed by atoms with Crippen molar-refractivity contribution in [3.63, 3.8) is 0 Å². The van der Waals surface area contributed by atoms with E-state index in [9.17, 15) is 22.0 Å². The maximum atomic E-state index is 13.3. The minimum Gasteiger partial charge on any atom is -0.321 e. The van der Waals surface area contributed by atoms with E-state index in [0.717, 1.165) is 17.4 Å². The first-order chi connectivity index (χ1) is 12.8. The largest absolute Gasteiger partial charge is 0.321 e. The number of benzene rings is 2. The second-order valence-corrected chi connectivity index (χ2v) is 8.34. The fourth-order valence-corrected chi connectivity index (χ4v) is 4.25. The van der Waals surface area contributed by atoms with Gasteiger partial charge in [0, 0.05) is 10.7 Å². The van der Waals surface area contributed by atoms with Crippen LogP contribution in [0.25, 0.3) is 0 Å². The molecular formula is C17H11ClF2N2O3S2. The number of hydrogen-bond acceptors (Lipinski definition) is 4. The Kier molecular flexibility index (Phi) is 5.45. The number of carbonyl (C=O) groups is 1. The fraction of sp³-hybridized carbons (Fsp3) is 0. The van der Waals surface area contributed by atoms with Gasteiger partial charge in [-0.1, -0.05) is 17.7 Å². The van der Waals surface area contributed by atoms with Gasteiger partial charge in [0.15, 0.2) is 11.6 Å². The molecule has 3 aromatic rings. The van der Waals surface area contributed by atoms with Crippen LogP contribution in [0.1, 0.15) is 9.67 Å². The molecule has 1 amide bonds. The van der Waals surface area contributed by atoms with Crippen molar-refractivity contribution in [3.8, 4) is 0 Å². The van der Waals surface area contributed by atoms with Crippen LogP contribution in [0.5, 0.6) is 0 Å². The molecule has 0 aliphatic rings.